The molecule has 2 aromatic rings. The van der Waals surface area contributed by atoms with E-state index in [1.807, 2.05) is 38.1 Å². The topological polar surface area (TPSA) is 71.1 Å². The summed E-state index contributed by atoms with van der Waals surface area (Å²) in [4.78, 5) is 28.6. The molecule has 3 rings (SSSR count). The Balaban J connectivity index is 1.50. The van der Waals surface area contributed by atoms with Crippen LogP contribution in [0.2, 0.25) is 0 Å². The van der Waals surface area contributed by atoms with Gasteiger partial charge in [-0.3, -0.25) is 9.59 Å². The molecule has 2 N–H and O–H groups in total. The number of aromatic nitrogens is 1. The van der Waals surface area contributed by atoms with Crippen molar-refractivity contribution in [3.63, 3.8) is 0 Å². The first kappa shape index (κ1) is 16.3. The van der Waals surface area contributed by atoms with Crippen molar-refractivity contribution in [2.24, 2.45) is 0 Å². The Kier molecular flexibility index (Phi) is 4.59. The molecular formula is C16H19N3O2S2. The highest BCUT2D eigenvalue weighted by Gasteiger charge is 2.37. The number of nitrogens with one attached hydrogen (secondary N) is 2. The summed E-state index contributed by atoms with van der Waals surface area (Å²) in [6.07, 6.45) is 0.699. The normalized spacial score (nSPS) is 20.3. The zero-order chi connectivity index (χ0) is 16.4. The van der Waals surface area contributed by atoms with Crippen molar-refractivity contribution in [2.75, 3.05) is 12.3 Å². The van der Waals surface area contributed by atoms with Gasteiger partial charge < -0.3 is 10.6 Å². The maximum Gasteiger partial charge on any atom is 0.243 e. The van der Waals surface area contributed by atoms with E-state index in [2.05, 4.69) is 15.6 Å². The van der Waals surface area contributed by atoms with Crippen LogP contribution in [0, 0.1) is 0 Å². The molecule has 1 aliphatic rings. The summed E-state index contributed by atoms with van der Waals surface area (Å²) in [6.45, 7) is 4.27. The second kappa shape index (κ2) is 6.49. The predicted octanol–water partition coefficient (Wildman–Crippen LogP) is 1.97. The lowest BCUT2D eigenvalue weighted by molar-refractivity contribution is -0.129. The molecule has 1 aromatic carbocycles. The van der Waals surface area contributed by atoms with E-state index in [0.29, 0.717) is 18.7 Å². The van der Waals surface area contributed by atoms with Crippen molar-refractivity contribution >= 4 is 45.1 Å². The number of carbonyl (C=O) groups is 2. The number of thioether (sulfide) groups is 1. The molecular weight excluding hydrogens is 330 g/mol. The fourth-order valence-electron chi connectivity index (χ4n) is 2.31. The van der Waals surface area contributed by atoms with Gasteiger partial charge in [0.1, 0.15) is 6.04 Å². The number of hydrogen-bond donors (Lipinski definition) is 2. The van der Waals surface area contributed by atoms with Gasteiger partial charge in [-0.25, -0.2) is 4.98 Å². The number of rotatable bonds is 4. The van der Waals surface area contributed by atoms with Crippen molar-refractivity contribution in [1.82, 2.24) is 15.6 Å². The van der Waals surface area contributed by atoms with Gasteiger partial charge in [0.15, 0.2) is 0 Å². The summed E-state index contributed by atoms with van der Waals surface area (Å²) in [6, 6.07) is 7.56. The van der Waals surface area contributed by atoms with Crippen LogP contribution >= 0.6 is 23.1 Å². The van der Waals surface area contributed by atoms with Gasteiger partial charge in [0.25, 0.3) is 0 Å². The van der Waals surface area contributed by atoms with Crippen LogP contribution in [-0.4, -0.2) is 39.9 Å². The van der Waals surface area contributed by atoms with Gasteiger partial charge in [-0.1, -0.05) is 12.1 Å². The average Bonchev–Trinajstić information content (AvgIpc) is 2.92. The molecule has 0 spiro atoms. The quantitative estimate of drug-likeness (QED) is 0.885. The minimum Gasteiger partial charge on any atom is -0.354 e. The van der Waals surface area contributed by atoms with E-state index < -0.39 is 10.8 Å². The van der Waals surface area contributed by atoms with Crippen LogP contribution in [0.1, 0.15) is 18.9 Å². The fourth-order valence-corrected chi connectivity index (χ4v) is 4.29. The third-order valence-electron chi connectivity index (χ3n) is 3.76. The second-order valence-electron chi connectivity index (χ2n) is 5.96. The number of fused-ring (bicyclic) bond motifs is 1. The van der Waals surface area contributed by atoms with Crippen molar-refractivity contribution in [3.05, 3.63) is 29.3 Å². The first-order valence-electron chi connectivity index (χ1n) is 7.53. The predicted molar refractivity (Wildman–Crippen MR) is 94.8 cm³/mol. The molecule has 1 unspecified atom stereocenters. The van der Waals surface area contributed by atoms with E-state index in [9.17, 15) is 9.59 Å². The number of carbonyl (C=O) groups excluding carboxylic acids is 2. The lowest BCUT2D eigenvalue weighted by Crippen LogP contribution is -2.57. The molecule has 0 bridgehead atoms. The Hall–Kier alpha value is -1.60. The molecule has 0 aliphatic carbocycles. The van der Waals surface area contributed by atoms with Gasteiger partial charge in [-0.2, -0.15) is 0 Å². The SMILES string of the molecule is CC1(C)SCC(C(=O)NCCc2nc3ccccc3s2)NC1=O. The van der Waals surface area contributed by atoms with Crippen LogP contribution in [0.3, 0.4) is 0 Å². The Morgan fingerprint density at radius 1 is 1.43 bits per heavy atom. The maximum atomic E-state index is 12.2. The Morgan fingerprint density at radius 3 is 2.96 bits per heavy atom. The summed E-state index contributed by atoms with van der Waals surface area (Å²) in [5, 5.41) is 6.69. The maximum absolute atomic E-state index is 12.2. The second-order valence-corrected chi connectivity index (χ2v) is 8.72. The standard InChI is InChI=1S/C16H19N3O2S2/c1-16(2)15(21)19-11(9-22-16)14(20)17-8-7-13-18-10-5-3-4-6-12(10)23-13/h3-6,11H,7-9H2,1-2H3,(H,17,20)(H,19,21). The van der Waals surface area contributed by atoms with E-state index in [4.69, 9.17) is 0 Å². The van der Waals surface area contributed by atoms with E-state index in [1.54, 1.807) is 11.3 Å². The number of thiazole rings is 1. The Labute approximate surface area is 143 Å². The number of amides is 2. The van der Waals surface area contributed by atoms with Crippen LogP contribution in [0.4, 0.5) is 0 Å². The van der Waals surface area contributed by atoms with Crippen molar-refractivity contribution in [2.45, 2.75) is 31.1 Å². The van der Waals surface area contributed by atoms with E-state index >= 15 is 0 Å². The third kappa shape index (κ3) is 3.67. The van der Waals surface area contributed by atoms with E-state index in [0.717, 1.165) is 15.2 Å². The van der Waals surface area contributed by atoms with Crippen LogP contribution in [0.5, 0.6) is 0 Å². The van der Waals surface area contributed by atoms with Gasteiger partial charge in [0, 0.05) is 18.7 Å². The smallest absolute Gasteiger partial charge is 0.243 e. The molecule has 1 fully saturated rings. The molecule has 0 radical (unpaired) electrons. The van der Waals surface area contributed by atoms with Crippen molar-refractivity contribution in [1.29, 1.82) is 0 Å². The van der Waals surface area contributed by atoms with Crippen LogP contribution in [-0.2, 0) is 16.0 Å². The number of benzene rings is 1. The lowest BCUT2D eigenvalue weighted by atomic mass is 10.1. The van der Waals surface area contributed by atoms with Crippen molar-refractivity contribution < 1.29 is 9.59 Å². The number of para-hydroxylation sites is 1. The lowest BCUT2D eigenvalue weighted by Gasteiger charge is -2.32. The number of hydrogen-bond acceptors (Lipinski definition) is 5. The summed E-state index contributed by atoms with van der Waals surface area (Å²) in [5.74, 6) is 0.397. The third-order valence-corrected chi connectivity index (χ3v) is 6.26. The minimum absolute atomic E-state index is 0.0833. The molecule has 1 saturated heterocycles. The highest BCUT2D eigenvalue weighted by Crippen LogP contribution is 2.29. The molecule has 2 amide bonds. The monoisotopic (exact) mass is 349 g/mol. The molecule has 1 aromatic heterocycles. The van der Waals surface area contributed by atoms with E-state index in [1.165, 1.54) is 11.8 Å². The summed E-state index contributed by atoms with van der Waals surface area (Å²) in [5.41, 5.74) is 0.997. The Bertz CT molecular complexity index is 709. The Morgan fingerprint density at radius 2 is 2.22 bits per heavy atom. The molecule has 23 heavy (non-hydrogen) atoms. The van der Waals surface area contributed by atoms with Gasteiger partial charge in [0.05, 0.1) is 20.0 Å². The molecule has 7 heteroatoms. The number of nitrogens with zero attached hydrogens (tertiary/aromatic N) is 1. The molecule has 2 heterocycles. The van der Waals surface area contributed by atoms with Gasteiger partial charge in [0.2, 0.25) is 11.8 Å². The average molecular weight is 349 g/mol. The van der Waals surface area contributed by atoms with Gasteiger partial charge >= 0.3 is 0 Å². The largest absolute Gasteiger partial charge is 0.354 e. The summed E-state index contributed by atoms with van der Waals surface area (Å²) < 4.78 is 0.699. The van der Waals surface area contributed by atoms with Crippen LogP contribution < -0.4 is 10.6 Å². The summed E-state index contributed by atoms with van der Waals surface area (Å²) >= 11 is 3.16. The van der Waals surface area contributed by atoms with Crippen molar-refractivity contribution in [3.8, 4) is 0 Å². The van der Waals surface area contributed by atoms with Crippen LogP contribution in [0.25, 0.3) is 10.2 Å². The zero-order valence-corrected chi connectivity index (χ0v) is 14.7. The minimum atomic E-state index is -0.461. The highest BCUT2D eigenvalue weighted by atomic mass is 32.2. The zero-order valence-electron chi connectivity index (χ0n) is 13.1. The molecule has 1 atom stereocenters. The van der Waals surface area contributed by atoms with Gasteiger partial charge in [-0.15, -0.1) is 23.1 Å². The van der Waals surface area contributed by atoms with E-state index in [-0.39, 0.29) is 11.8 Å². The molecule has 1 aliphatic heterocycles. The molecule has 5 nitrogen and oxygen atoms in total. The fraction of sp³-hybridized carbons (Fsp3) is 0.438. The first-order chi connectivity index (χ1) is 11.0. The van der Waals surface area contributed by atoms with Gasteiger partial charge in [-0.05, 0) is 26.0 Å². The van der Waals surface area contributed by atoms with Crippen LogP contribution in [0.15, 0.2) is 24.3 Å². The molecule has 122 valence electrons. The highest BCUT2D eigenvalue weighted by molar-refractivity contribution is 8.01. The molecule has 0 saturated carbocycles. The first-order valence-corrected chi connectivity index (χ1v) is 9.33. The summed E-state index contributed by atoms with van der Waals surface area (Å²) in [7, 11) is 0.